The molecule has 2 atom stereocenters. The Balaban J connectivity index is 1.59. The number of anilines is 1. The molecule has 3 rings (SSSR count). The molecule has 1 saturated heterocycles. The van der Waals surface area contributed by atoms with E-state index in [-0.39, 0.29) is 24.3 Å². The Morgan fingerprint density at radius 1 is 1.30 bits per heavy atom. The van der Waals surface area contributed by atoms with E-state index < -0.39 is 11.9 Å². The van der Waals surface area contributed by atoms with Gasteiger partial charge in [0.05, 0.1) is 23.8 Å². The number of benzene rings is 1. The fourth-order valence-electron chi connectivity index (χ4n) is 2.75. The Morgan fingerprint density at radius 2 is 2.13 bits per heavy atom. The van der Waals surface area contributed by atoms with Crippen LogP contribution < -0.4 is 16.0 Å². The van der Waals surface area contributed by atoms with Crippen molar-refractivity contribution in [2.45, 2.75) is 31.4 Å². The number of carbonyl (C=O) groups excluding carboxylic acids is 3. The molecule has 0 saturated carbocycles. The summed E-state index contributed by atoms with van der Waals surface area (Å²) < 4.78 is 5.43. The molecule has 23 heavy (non-hydrogen) atoms. The SMILES string of the molecule is O=C(C[C@H]1NC(=O)c2ccccc2NC1=O)NC[C@@H]1CCCO1. The van der Waals surface area contributed by atoms with Crippen molar-refractivity contribution in [2.24, 2.45) is 0 Å². The normalized spacial score (nSPS) is 23.5. The van der Waals surface area contributed by atoms with Gasteiger partial charge in [0.25, 0.3) is 5.91 Å². The lowest BCUT2D eigenvalue weighted by atomic mass is 10.1. The molecule has 2 heterocycles. The van der Waals surface area contributed by atoms with Crippen LogP contribution in [0.3, 0.4) is 0 Å². The zero-order chi connectivity index (χ0) is 16.2. The predicted octanol–water partition coefficient (Wildman–Crippen LogP) is 0.422. The number of ether oxygens (including phenoxy) is 1. The fraction of sp³-hybridized carbons (Fsp3) is 0.438. The van der Waals surface area contributed by atoms with Crippen molar-refractivity contribution in [2.75, 3.05) is 18.5 Å². The van der Waals surface area contributed by atoms with E-state index in [1.807, 2.05) is 0 Å². The summed E-state index contributed by atoms with van der Waals surface area (Å²) in [7, 11) is 0. The van der Waals surface area contributed by atoms with Gasteiger partial charge in [-0.3, -0.25) is 14.4 Å². The van der Waals surface area contributed by atoms with Crippen molar-refractivity contribution >= 4 is 23.4 Å². The van der Waals surface area contributed by atoms with Crippen LogP contribution in [0.1, 0.15) is 29.6 Å². The topological polar surface area (TPSA) is 96.5 Å². The molecule has 0 aliphatic carbocycles. The van der Waals surface area contributed by atoms with Crippen LogP contribution in [0.2, 0.25) is 0 Å². The van der Waals surface area contributed by atoms with Crippen LogP contribution in [0.25, 0.3) is 0 Å². The van der Waals surface area contributed by atoms with E-state index in [1.165, 1.54) is 0 Å². The molecule has 3 amide bonds. The first kappa shape index (κ1) is 15.5. The second-order valence-electron chi connectivity index (χ2n) is 5.70. The summed E-state index contributed by atoms with van der Waals surface area (Å²) in [4.78, 5) is 36.4. The third-order valence-corrected chi connectivity index (χ3v) is 3.99. The molecular formula is C16H19N3O4. The third-order valence-electron chi connectivity index (χ3n) is 3.99. The van der Waals surface area contributed by atoms with E-state index in [4.69, 9.17) is 4.74 Å². The molecule has 1 aromatic rings. The molecule has 2 aliphatic rings. The number of carbonyl (C=O) groups is 3. The van der Waals surface area contributed by atoms with Crippen LogP contribution in [-0.4, -0.2) is 43.0 Å². The summed E-state index contributed by atoms with van der Waals surface area (Å²) in [5.74, 6) is -1.04. The maximum atomic E-state index is 12.2. The van der Waals surface area contributed by atoms with Gasteiger partial charge in [0, 0.05) is 13.2 Å². The Labute approximate surface area is 133 Å². The highest BCUT2D eigenvalue weighted by Crippen LogP contribution is 2.18. The van der Waals surface area contributed by atoms with Gasteiger partial charge in [-0.1, -0.05) is 12.1 Å². The Bertz CT molecular complexity index is 626. The van der Waals surface area contributed by atoms with Crippen molar-refractivity contribution in [3.05, 3.63) is 29.8 Å². The van der Waals surface area contributed by atoms with E-state index in [2.05, 4.69) is 16.0 Å². The minimum absolute atomic E-state index is 0.0424. The maximum Gasteiger partial charge on any atom is 0.254 e. The average Bonchev–Trinajstić information content (AvgIpc) is 3.02. The van der Waals surface area contributed by atoms with Gasteiger partial charge in [-0.15, -0.1) is 0 Å². The van der Waals surface area contributed by atoms with Gasteiger partial charge in [0.1, 0.15) is 6.04 Å². The first-order valence-corrected chi connectivity index (χ1v) is 7.72. The van der Waals surface area contributed by atoms with Crippen LogP contribution in [0.4, 0.5) is 5.69 Å². The van der Waals surface area contributed by atoms with Crippen LogP contribution in [-0.2, 0) is 14.3 Å². The summed E-state index contributed by atoms with van der Waals surface area (Å²) in [5.41, 5.74) is 0.848. The van der Waals surface area contributed by atoms with E-state index in [0.717, 1.165) is 19.4 Å². The monoisotopic (exact) mass is 317 g/mol. The standard InChI is InChI=1S/C16H19N3O4/c20-14(17-9-10-4-3-7-23-10)8-13-16(22)18-12-6-2-1-5-11(12)15(21)19-13/h1-2,5-6,10,13H,3-4,7-9H2,(H,17,20)(H,18,22)(H,19,21)/t10-,13+/m0/s1. The molecule has 7 nitrogen and oxygen atoms in total. The van der Waals surface area contributed by atoms with Crippen LogP contribution >= 0.6 is 0 Å². The molecule has 1 aromatic carbocycles. The van der Waals surface area contributed by atoms with Gasteiger partial charge in [-0.05, 0) is 25.0 Å². The van der Waals surface area contributed by atoms with Crippen molar-refractivity contribution in [3.63, 3.8) is 0 Å². The molecular weight excluding hydrogens is 298 g/mol. The number of para-hydroxylation sites is 1. The second-order valence-corrected chi connectivity index (χ2v) is 5.70. The molecule has 0 unspecified atom stereocenters. The van der Waals surface area contributed by atoms with Gasteiger partial charge in [0.15, 0.2) is 0 Å². The number of hydrogen-bond acceptors (Lipinski definition) is 4. The Morgan fingerprint density at radius 3 is 2.91 bits per heavy atom. The second kappa shape index (κ2) is 6.78. The highest BCUT2D eigenvalue weighted by Gasteiger charge is 2.29. The molecule has 122 valence electrons. The van der Waals surface area contributed by atoms with Crippen molar-refractivity contribution in [1.82, 2.24) is 10.6 Å². The summed E-state index contributed by atoms with van der Waals surface area (Å²) in [6, 6.07) is 5.86. The highest BCUT2D eigenvalue weighted by molar-refractivity contribution is 6.10. The molecule has 0 spiro atoms. The maximum absolute atomic E-state index is 12.2. The molecule has 0 bridgehead atoms. The van der Waals surface area contributed by atoms with E-state index in [9.17, 15) is 14.4 Å². The predicted molar refractivity (Wildman–Crippen MR) is 82.9 cm³/mol. The van der Waals surface area contributed by atoms with Crippen LogP contribution in [0.5, 0.6) is 0 Å². The lowest BCUT2D eigenvalue weighted by Gasteiger charge is -2.15. The summed E-state index contributed by atoms with van der Waals surface area (Å²) in [6.07, 6.45) is 1.87. The molecule has 2 aliphatic heterocycles. The van der Waals surface area contributed by atoms with E-state index in [0.29, 0.717) is 17.8 Å². The van der Waals surface area contributed by atoms with Gasteiger partial charge < -0.3 is 20.7 Å². The first-order valence-electron chi connectivity index (χ1n) is 7.72. The Hall–Kier alpha value is -2.41. The summed E-state index contributed by atoms with van der Waals surface area (Å²) in [6.45, 7) is 1.15. The smallest absolute Gasteiger partial charge is 0.254 e. The quantitative estimate of drug-likeness (QED) is 0.750. The molecule has 0 aromatic heterocycles. The Kier molecular flexibility index (Phi) is 4.57. The van der Waals surface area contributed by atoms with Gasteiger partial charge in [-0.2, -0.15) is 0 Å². The molecule has 3 N–H and O–H groups in total. The zero-order valence-electron chi connectivity index (χ0n) is 12.6. The average molecular weight is 317 g/mol. The summed E-state index contributed by atoms with van der Waals surface area (Å²) >= 11 is 0. The van der Waals surface area contributed by atoms with Crippen LogP contribution in [0.15, 0.2) is 24.3 Å². The minimum Gasteiger partial charge on any atom is -0.376 e. The minimum atomic E-state index is -0.889. The first-order chi connectivity index (χ1) is 11.1. The number of rotatable bonds is 4. The summed E-state index contributed by atoms with van der Waals surface area (Å²) in [5, 5.41) is 8.03. The fourth-order valence-corrected chi connectivity index (χ4v) is 2.75. The highest BCUT2D eigenvalue weighted by atomic mass is 16.5. The lowest BCUT2D eigenvalue weighted by molar-refractivity contribution is -0.126. The molecule has 0 radical (unpaired) electrons. The number of hydrogen-bond donors (Lipinski definition) is 3. The van der Waals surface area contributed by atoms with Crippen molar-refractivity contribution in [1.29, 1.82) is 0 Å². The largest absolute Gasteiger partial charge is 0.376 e. The number of fused-ring (bicyclic) bond motifs is 1. The van der Waals surface area contributed by atoms with E-state index in [1.54, 1.807) is 24.3 Å². The van der Waals surface area contributed by atoms with Crippen molar-refractivity contribution in [3.8, 4) is 0 Å². The molecule has 7 heteroatoms. The van der Waals surface area contributed by atoms with Crippen LogP contribution in [0, 0.1) is 0 Å². The van der Waals surface area contributed by atoms with Crippen molar-refractivity contribution < 1.29 is 19.1 Å². The van der Waals surface area contributed by atoms with Gasteiger partial charge in [-0.25, -0.2) is 0 Å². The lowest BCUT2D eigenvalue weighted by Crippen LogP contribution is -2.45. The van der Waals surface area contributed by atoms with Gasteiger partial charge >= 0.3 is 0 Å². The zero-order valence-corrected chi connectivity index (χ0v) is 12.6. The molecule has 1 fully saturated rings. The van der Waals surface area contributed by atoms with E-state index >= 15 is 0 Å². The third kappa shape index (κ3) is 3.68. The number of nitrogens with one attached hydrogen (secondary N) is 3. The number of amides is 3. The van der Waals surface area contributed by atoms with Gasteiger partial charge in [0.2, 0.25) is 11.8 Å².